The van der Waals surface area contributed by atoms with E-state index >= 15 is 0 Å². The van der Waals surface area contributed by atoms with Crippen LogP contribution in [0.25, 0.3) is 0 Å². The first-order valence-electron chi connectivity index (χ1n) is 6.57. The number of carbonyl (C=O) groups excluding carboxylic acids is 1. The van der Waals surface area contributed by atoms with E-state index in [1.807, 2.05) is 11.9 Å². The summed E-state index contributed by atoms with van der Waals surface area (Å²) in [6.07, 6.45) is 0. The fourth-order valence-electron chi connectivity index (χ4n) is 2.85. The third-order valence-electron chi connectivity index (χ3n) is 3.85. The third-order valence-corrected chi connectivity index (χ3v) is 4.10. The summed E-state index contributed by atoms with van der Waals surface area (Å²) in [5.41, 5.74) is -0.499. The van der Waals surface area contributed by atoms with E-state index in [1.165, 1.54) is 6.92 Å². The number of nitro groups is 1. The number of likely N-dealkylation sites (N-methyl/N-ethyl adjacent to an activating group) is 1. The van der Waals surface area contributed by atoms with Crippen molar-refractivity contribution in [3.8, 4) is 0 Å². The van der Waals surface area contributed by atoms with Crippen molar-refractivity contribution in [2.24, 2.45) is 0 Å². The van der Waals surface area contributed by atoms with Crippen molar-refractivity contribution in [2.45, 2.75) is 18.4 Å². The summed E-state index contributed by atoms with van der Waals surface area (Å²) < 4.78 is 4.98. The average molecular weight is 313 g/mol. The van der Waals surface area contributed by atoms with Crippen LogP contribution >= 0.6 is 11.6 Å². The number of hydrogen-bond acceptors (Lipinski definition) is 5. The molecule has 1 fully saturated rings. The maximum absolute atomic E-state index is 11.7. The van der Waals surface area contributed by atoms with Crippen LogP contribution in [0, 0.1) is 10.1 Å². The van der Waals surface area contributed by atoms with Crippen molar-refractivity contribution >= 4 is 17.6 Å². The first-order valence-corrected chi connectivity index (χ1v) is 6.95. The number of hydrogen-bond donors (Lipinski definition) is 0. The van der Waals surface area contributed by atoms with Gasteiger partial charge in [0.25, 0.3) is 5.54 Å². The Morgan fingerprint density at radius 3 is 2.67 bits per heavy atom. The molecule has 114 valence electrons. The molecule has 0 radical (unpaired) electrons. The molecular formula is C14H17ClN2O4. The van der Waals surface area contributed by atoms with Crippen molar-refractivity contribution in [1.29, 1.82) is 0 Å². The highest BCUT2D eigenvalue weighted by Gasteiger charge is 2.57. The van der Waals surface area contributed by atoms with Gasteiger partial charge in [0.05, 0.1) is 12.5 Å². The maximum atomic E-state index is 11.7. The standard InChI is InChI=1S/C14H17ClN2O4/c1-10(18)21-9-14(17(19)20)8-16(2)7-13(14)11-3-5-12(15)6-4-11/h3-6,13H,7-9H2,1-2H3/t13-,14+/m1/s1. The van der Waals surface area contributed by atoms with Crippen LogP contribution in [0.5, 0.6) is 0 Å². The first kappa shape index (κ1) is 15.7. The maximum Gasteiger partial charge on any atom is 0.302 e. The summed E-state index contributed by atoms with van der Waals surface area (Å²) in [4.78, 5) is 24.3. The van der Waals surface area contributed by atoms with Gasteiger partial charge in [-0.25, -0.2) is 0 Å². The van der Waals surface area contributed by atoms with E-state index in [-0.39, 0.29) is 24.0 Å². The lowest BCUT2D eigenvalue weighted by Gasteiger charge is -2.26. The summed E-state index contributed by atoms with van der Waals surface area (Å²) in [6, 6.07) is 7.01. The van der Waals surface area contributed by atoms with Crippen LogP contribution in [-0.2, 0) is 9.53 Å². The zero-order chi connectivity index (χ0) is 15.6. The van der Waals surface area contributed by atoms with Gasteiger partial charge in [-0.2, -0.15) is 0 Å². The molecule has 2 rings (SSSR count). The van der Waals surface area contributed by atoms with Crippen LogP contribution < -0.4 is 0 Å². The van der Waals surface area contributed by atoms with Gasteiger partial charge in [-0.15, -0.1) is 0 Å². The van der Waals surface area contributed by atoms with Gasteiger partial charge in [0.15, 0.2) is 6.61 Å². The predicted octanol–water partition coefficient (Wildman–Crippen LogP) is 1.95. The molecule has 1 aromatic carbocycles. The largest absolute Gasteiger partial charge is 0.458 e. The number of carbonyl (C=O) groups is 1. The molecule has 0 saturated carbocycles. The first-order chi connectivity index (χ1) is 9.85. The molecule has 0 aromatic heterocycles. The lowest BCUT2D eigenvalue weighted by Crippen LogP contribution is -2.49. The molecule has 0 spiro atoms. The number of likely N-dealkylation sites (tertiary alicyclic amines) is 1. The lowest BCUT2D eigenvalue weighted by atomic mass is 9.83. The van der Waals surface area contributed by atoms with Crippen molar-refractivity contribution in [1.82, 2.24) is 4.90 Å². The summed E-state index contributed by atoms with van der Waals surface area (Å²) in [6.45, 7) is 1.79. The zero-order valence-corrected chi connectivity index (χ0v) is 12.7. The van der Waals surface area contributed by atoms with Gasteiger partial charge in [0, 0.05) is 23.4 Å². The molecule has 0 N–H and O–H groups in total. The molecule has 21 heavy (non-hydrogen) atoms. The number of rotatable bonds is 4. The Balaban J connectivity index is 2.37. The van der Waals surface area contributed by atoms with Crippen LogP contribution in [0.2, 0.25) is 5.02 Å². The second-order valence-electron chi connectivity index (χ2n) is 5.44. The number of esters is 1. The predicted molar refractivity (Wildman–Crippen MR) is 78.0 cm³/mol. The average Bonchev–Trinajstić information content (AvgIpc) is 2.75. The van der Waals surface area contributed by atoms with Gasteiger partial charge < -0.3 is 4.74 Å². The Labute approximate surface area is 127 Å². The minimum atomic E-state index is -1.33. The monoisotopic (exact) mass is 312 g/mol. The Kier molecular flexibility index (Phi) is 4.49. The second kappa shape index (κ2) is 5.99. The summed E-state index contributed by atoms with van der Waals surface area (Å²) in [5, 5.41) is 12.3. The van der Waals surface area contributed by atoms with Gasteiger partial charge in [-0.05, 0) is 24.7 Å². The highest BCUT2D eigenvalue weighted by atomic mass is 35.5. The van der Waals surface area contributed by atoms with Crippen LogP contribution in [0.1, 0.15) is 18.4 Å². The smallest absolute Gasteiger partial charge is 0.302 e. The van der Waals surface area contributed by atoms with E-state index in [0.717, 1.165) is 5.56 Å². The highest BCUT2D eigenvalue weighted by molar-refractivity contribution is 6.30. The van der Waals surface area contributed by atoms with E-state index in [4.69, 9.17) is 16.3 Å². The fourth-order valence-corrected chi connectivity index (χ4v) is 2.97. The van der Waals surface area contributed by atoms with E-state index in [0.29, 0.717) is 11.6 Å². The van der Waals surface area contributed by atoms with E-state index in [1.54, 1.807) is 24.3 Å². The van der Waals surface area contributed by atoms with Crippen LogP contribution in [0.4, 0.5) is 0 Å². The Morgan fingerprint density at radius 1 is 1.52 bits per heavy atom. The Hall–Kier alpha value is -1.66. The molecule has 1 heterocycles. The Bertz CT molecular complexity index is 548. The molecule has 2 atom stereocenters. The van der Waals surface area contributed by atoms with E-state index in [2.05, 4.69) is 0 Å². The molecule has 0 unspecified atom stereocenters. The van der Waals surface area contributed by atoms with Gasteiger partial charge in [0.1, 0.15) is 0 Å². The van der Waals surface area contributed by atoms with E-state index < -0.39 is 11.5 Å². The number of ether oxygens (including phenoxy) is 1. The zero-order valence-electron chi connectivity index (χ0n) is 11.9. The van der Waals surface area contributed by atoms with Crippen LogP contribution in [0.3, 0.4) is 0 Å². The molecule has 6 nitrogen and oxygen atoms in total. The summed E-state index contributed by atoms with van der Waals surface area (Å²) in [7, 11) is 1.82. The SMILES string of the molecule is CC(=O)OC[C@@]1([N+](=O)[O-])CN(C)C[C@@H]1c1ccc(Cl)cc1. The molecule has 7 heteroatoms. The van der Waals surface area contributed by atoms with Gasteiger partial charge in [0.2, 0.25) is 0 Å². The Morgan fingerprint density at radius 2 is 2.14 bits per heavy atom. The number of halogens is 1. The molecular weight excluding hydrogens is 296 g/mol. The molecule has 0 amide bonds. The number of benzene rings is 1. The highest BCUT2D eigenvalue weighted by Crippen LogP contribution is 2.38. The van der Waals surface area contributed by atoms with Gasteiger partial charge in [-0.1, -0.05) is 23.7 Å². The molecule has 1 aromatic rings. The quantitative estimate of drug-likeness (QED) is 0.482. The fraction of sp³-hybridized carbons (Fsp3) is 0.500. The molecule has 1 aliphatic heterocycles. The summed E-state index contributed by atoms with van der Waals surface area (Å²) >= 11 is 5.87. The third kappa shape index (κ3) is 3.16. The summed E-state index contributed by atoms with van der Waals surface area (Å²) in [5.74, 6) is -0.866. The van der Waals surface area contributed by atoms with E-state index in [9.17, 15) is 14.9 Å². The minimum absolute atomic E-state index is 0.229. The van der Waals surface area contributed by atoms with Crippen molar-refractivity contribution < 1.29 is 14.5 Å². The van der Waals surface area contributed by atoms with Crippen LogP contribution in [0.15, 0.2) is 24.3 Å². The molecule has 0 bridgehead atoms. The van der Waals surface area contributed by atoms with Gasteiger partial charge >= 0.3 is 5.97 Å². The lowest BCUT2D eigenvalue weighted by molar-refractivity contribution is -0.572. The molecule has 1 aliphatic rings. The van der Waals surface area contributed by atoms with Crippen molar-refractivity contribution in [3.63, 3.8) is 0 Å². The van der Waals surface area contributed by atoms with Crippen molar-refractivity contribution in [3.05, 3.63) is 45.0 Å². The molecule has 0 aliphatic carbocycles. The second-order valence-corrected chi connectivity index (χ2v) is 5.88. The number of nitrogens with zero attached hydrogens (tertiary/aromatic N) is 2. The minimum Gasteiger partial charge on any atom is -0.458 e. The molecule has 1 saturated heterocycles. The van der Waals surface area contributed by atoms with Gasteiger partial charge in [-0.3, -0.25) is 19.8 Å². The van der Waals surface area contributed by atoms with Crippen LogP contribution in [-0.4, -0.2) is 48.1 Å². The normalized spacial score (nSPS) is 25.8. The van der Waals surface area contributed by atoms with Crippen molar-refractivity contribution in [2.75, 3.05) is 26.7 Å². The topological polar surface area (TPSA) is 72.7 Å².